The number of benzene rings is 2. The van der Waals surface area contributed by atoms with E-state index in [1.165, 1.54) is 0 Å². The summed E-state index contributed by atoms with van der Waals surface area (Å²) >= 11 is 0. The molecule has 3 aromatic rings. The molecule has 5 rings (SSSR count). The van der Waals surface area contributed by atoms with Crippen molar-refractivity contribution in [3.63, 3.8) is 0 Å². The van der Waals surface area contributed by atoms with Gasteiger partial charge in [-0.15, -0.1) is 5.10 Å². The van der Waals surface area contributed by atoms with Crippen molar-refractivity contribution in [2.24, 2.45) is 5.92 Å². The number of fused-ring (bicyclic) bond motifs is 3. The fourth-order valence-electron chi connectivity index (χ4n) is 5.08. The fourth-order valence-corrected chi connectivity index (χ4v) is 5.08. The number of nitrogens with zero attached hydrogens (tertiary/aromatic N) is 2. The Kier molecular flexibility index (Phi) is 6.17. The number of amides is 2. The first kappa shape index (κ1) is 22.6. The Morgan fingerprint density at radius 2 is 1.71 bits per heavy atom. The minimum Gasteiger partial charge on any atom is -0.481 e. The molecule has 0 radical (unpaired) electrons. The smallest absolute Gasteiger partial charge is 0.414 e. The molecule has 1 saturated carbocycles. The molecule has 0 unspecified atom stereocenters. The number of hydrogen-bond acceptors (Lipinski definition) is 6. The van der Waals surface area contributed by atoms with Gasteiger partial charge in [0.15, 0.2) is 0 Å². The molecule has 35 heavy (non-hydrogen) atoms. The minimum absolute atomic E-state index is 0.00986. The second-order valence-corrected chi connectivity index (χ2v) is 8.83. The van der Waals surface area contributed by atoms with Crippen LogP contribution in [0.3, 0.4) is 0 Å². The number of anilines is 1. The molecule has 180 valence electrons. The number of aromatic nitrogens is 3. The summed E-state index contributed by atoms with van der Waals surface area (Å²) in [4.78, 5) is 40.0. The van der Waals surface area contributed by atoms with Crippen molar-refractivity contribution in [1.29, 1.82) is 0 Å². The van der Waals surface area contributed by atoms with Gasteiger partial charge in [0.05, 0.1) is 6.42 Å². The zero-order valence-corrected chi connectivity index (χ0v) is 18.9. The number of nitrogens with one attached hydrogen (secondary N) is 3. The molecule has 4 N–H and O–H groups in total. The lowest BCUT2D eigenvalue weighted by Gasteiger charge is -2.18. The molecule has 2 atom stereocenters. The van der Waals surface area contributed by atoms with Crippen molar-refractivity contribution >= 4 is 23.9 Å². The number of carbonyl (C=O) groups excluding carboxylic acids is 2. The van der Waals surface area contributed by atoms with E-state index in [1.807, 2.05) is 36.4 Å². The predicted octanol–water partition coefficient (Wildman–Crippen LogP) is 3.54. The fraction of sp³-hybridized carbons (Fsp3) is 0.320. The number of H-pyrrole nitrogens is 1. The van der Waals surface area contributed by atoms with Gasteiger partial charge in [-0.2, -0.15) is 4.98 Å². The van der Waals surface area contributed by atoms with Crippen LogP contribution in [-0.4, -0.2) is 50.9 Å². The molecular formula is C25H25N5O5. The molecule has 10 heteroatoms. The van der Waals surface area contributed by atoms with Crippen LogP contribution in [0.4, 0.5) is 10.7 Å². The number of rotatable bonds is 7. The van der Waals surface area contributed by atoms with E-state index in [2.05, 4.69) is 37.9 Å². The maximum absolute atomic E-state index is 12.5. The number of hydrogen-bond donors (Lipinski definition) is 4. The highest BCUT2D eigenvalue weighted by Gasteiger charge is 2.32. The Morgan fingerprint density at radius 1 is 1.03 bits per heavy atom. The summed E-state index contributed by atoms with van der Waals surface area (Å²) in [6.45, 7) is 0.143. The van der Waals surface area contributed by atoms with Crippen LogP contribution < -0.4 is 10.6 Å². The highest BCUT2D eigenvalue weighted by Crippen LogP contribution is 2.44. The largest absolute Gasteiger partial charge is 0.481 e. The second kappa shape index (κ2) is 9.57. The first-order chi connectivity index (χ1) is 17.0. The molecule has 2 aliphatic rings. The Balaban J connectivity index is 1.17. The van der Waals surface area contributed by atoms with E-state index in [4.69, 9.17) is 9.84 Å². The van der Waals surface area contributed by atoms with Crippen molar-refractivity contribution in [2.45, 2.75) is 37.6 Å². The Labute approximate surface area is 201 Å². The predicted molar refractivity (Wildman–Crippen MR) is 126 cm³/mol. The third kappa shape index (κ3) is 4.72. The van der Waals surface area contributed by atoms with Crippen LogP contribution in [0.2, 0.25) is 0 Å². The van der Waals surface area contributed by atoms with Crippen LogP contribution in [0.1, 0.15) is 53.3 Å². The molecule has 2 aliphatic carbocycles. The van der Waals surface area contributed by atoms with E-state index in [9.17, 15) is 14.4 Å². The molecule has 0 bridgehead atoms. The van der Waals surface area contributed by atoms with Gasteiger partial charge in [0.2, 0.25) is 5.82 Å². The third-order valence-corrected chi connectivity index (χ3v) is 6.67. The lowest BCUT2D eigenvalue weighted by Crippen LogP contribution is -2.38. The summed E-state index contributed by atoms with van der Waals surface area (Å²) in [6, 6.07) is 15.9. The van der Waals surface area contributed by atoms with Crippen LogP contribution in [0.25, 0.3) is 11.1 Å². The number of aliphatic carboxylic acids is 1. The van der Waals surface area contributed by atoms with E-state index >= 15 is 0 Å². The van der Waals surface area contributed by atoms with E-state index < -0.39 is 18.0 Å². The molecule has 0 saturated heterocycles. The van der Waals surface area contributed by atoms with Crippen molar-refractivity contribution < 1.29 is 24.2 Å². The van der Waals surface area contributed by atoms with Crippen LogP contribution in [-0.2, 0) is 9.53 Å². The summed E-state index contributed by atoms with van der Waals surface area (Å²) < 4.78 is 5.47. The van der Waals surface area contributed by atoms with Crippen molar-refractivity contribution in [3.05, 3.63) is 65.5 Å². The zero-order valence-electron chi connectivity index (χ0n) is 18.9. The van der Waals surface area contributed by atoms with Gasteiger partial charge < -0.3 is 15.2 Å². The number of ether oxygens (including phenoxy) is 1. The summed E-state index contributed by atoms with van der Waals surface area (Å²) in [5, 5.41) is 20.7. The van der Waals surface area contributed by atoms with Gasteiger partial charge in [-0.05, 0) is 41.0 Å². The van der Waals surface area contributed by atoms with Gasteiger partial charge in [-0.3, -0.25) is 20.0 Å². The summed E-state index contributed by atoms with van der Waals surface area (Å²) in [5.41, 5.74) is 4.47. The Morgan fingerprint density at radius 3 is 2.40 bits per heavy atom. The second-order valence-electron chi connectivity index (χ2n) is 8.83. The molecule has 10 nitrogen and oxygen atoms in total. The van der Waals surface area contributed by atoms with Gasteiger partial charge >= 0.3 is 12.1 Å². The normalized spacial score (nSPS) is 18.5. The highest BCUT2D eigenvalue weighted by atomic mass is 16.5. The first-order valence-electron chi connectivity index (χ1n) is 11.6. The number of carbonyl (C=O) groups is 3. The maximum Gasteiger partial charge on any atom is 0.414 e. The lowest BCUT2D eigenvalue weighted by molar-refractivity contribution is -0.138. The summed E-state index contributed by atoms with van der Waals surface area (Å²) in [7, 11) is 0. The SMILES string of the molecule is O=C(O)C[C@@H]1CCC[C@H]1NC(=O)c1nc(NC(=O)OCC2c3ccccc3-c3ccccc32)n[nH]1. The molecule has 1 aromatic heterocycles. The molecule has 2 amide bonds. The van der Waals surface area contributed by atoms with Crippen LogP contribution in [0, 0.1) is 5.92 Å². The van der Waals surface area contributed by atoms with Gasteiger partial charge in [0.1, 0.15) is 6.61 Å². The molecule has 2 aromatic carbocycles. The third-order valence-electron chi connectivity index (χ3n) is 6.67. The number of aromatic amines is 1. The van der Waals surface area contributed by atoms with Crippen molar-refractivity contribution in [2.75, 3.05) is 11.9 Å². The van der Waals surface area contributed by atoms with E-state index in [1.54, 1.807) is 0 Å². The zero-order chi connectivity index (χ0) is 24.4. The number of carboxylic acids is 1. The van der Waals surface area contributed by atoms with Crippen molar-refractivity contribution in [1.82, 2.24) is 20.5 Å². The van der Waals surface area contributed by atoms with E-state index in [0.717, 1.165) is 35.1 Å². The van der Waals surface area contributed by atoms with E-state index in [0.29, 0.717) is 6.42 Å². The quantitative estimate of drug-likeness (QED) is 0.409. The average molecular weight is 476 g/mol. The molecule has 1 heterocycles. The van der Waals surface area contributed by atoms with Gasteiger partial charge in [0, 0.05) is 12.0 Å². The summed E-state index contributed by atoms with van der Waals surface area (Å²) in [6.07, 6.45) is 1.60. The molecule has 1 fully saturated rings. The van der Waals surface area contributed by atoms with E-state index in [-0.39, 0.29) is 42.7 Å². The Bertz CT molecular complexity index is 1230. The average Bonchev–Trinajstić information content (AvgIpc) is 3.56. The van der Waals surface area contributed by atoms with Gasteiger partial charge in [-0.25, -0.2) is 4.79 Å². The van der Waals surface area contributed by atoms with Gasteiger partial charge in [-0.1, -0.05) is 55.0 Å². The monoisotopic (exact) mass is 475 g/mol. The standard InChI is InChI=1S/C25H25N5O5/c31-21(32)12-14-6-5-11-20(14)26-23(33)22-27-24(30-29-22)28-25(34)35-13-19-17-9-3-1-7-15(17)16-8-2-4-10-18(16)19/h1-4,7-10,14,19-20H,5-6,11-13H2,(H,26,33)(H,31,32)(H2,27,28,29,30,34)/t14-,20+/m0/s1. The van der Waals surface area contributed by atoms with Crippen molar-refractivity contribution in [3.8, 4) is 11.1 Å². The maximum atomic E-state index is 12.5. The topological polar surface area (TPSA) is 146 Å². The Hall–Kier alpha value is -4.21. The molecule has 0 spiro atoms. The first-order valence-corrected chi connectivity index (χ1v) is 11.6. The molecular weight excluding hydrogens is 450 g/mol. The van der Waals surface area contributed by atoms with Gasteiger partial charge in [0.25, 0.3) is 11.9 Å². The highest BCUT2D eigenvalue weighted by molar-refractivity contribution is 5.91. The van der Waals surface area contributed by atoms with Crippen LogP contribution >= 0.6 is 0 Å². The van der Waals surface area contributed by atoms with Crippen LogP contribution in [0.5, 0.6) is 0 Å². The molecule has 0 aliphatic heterocycles. The minimum atomic E-state index is -0.884. The van der Waals surface area contributed by atoms with Crippen LogP contribution in [0.15, 0.2) is 48.5 Å². The lowest BCUT2D eigenvalue weighted by atomic mass is 9.98. The summed E-state index contributed by atoms with van der Waals surface area (Å²) in [5.74, 6) is -1.73. The number of carboxylic acid groups (broad SMARTS) is 1.